The van der Waals surface area contributed by atoms with Crippen molar-refractivity contribution in [2.75, 3.05) is 7.11 Å². The summed E-state index contributed by atoms with van der Waals surface area (Å²) in [6, 6.07) is 5.68. The Hall–Kier alpha value is -0.0926. The van der Waals surface area contributed by atoms with Crippen LogP contribution in [0.15, 0.2) is 18.2 Å². The molecule has 48 valence electrons. The molecule has 0 saturated heterocycles. The van der Waals surface area contributed by atoms with Crippen molar-refractivity contribution in [1.29, 1.82) is 0 Å². The van der Waals surface area contributed by atoms with E-state index in [-0.39, 0.29) is 0 Å². The molecule has 0 aromatic heterocycles. The second kappa shape index (κ2) is 3.34. The van der Waals surface area contributed by atoms with E-state index in [0.717, 1.165) is 9.99 Å². The Morgan fingerprint density at radius 2 is 2.20 bits per heavy atom. The minimum absolute atomic E-state index is 0.660. The van der Waals surface area contributed by atoms with Gasteiger partial charge in [-0.15, -0.1) is 0 Å². The van der Waals surface area contributed by atoms with Gasteiger partial charge in [0.1, 0.15) is 0 Å². The molecule has 0 aliphatic carbocycles. The Balaban J connectivity index is 3.09. The van der Waals surface area contributed by atoms with Crippen molar-refractivity contribution < 1.29 is 4.74 Å². The number of halogens is 1. The van der Waals surface area contributed by atoms with Gasteiger partial charge in [0.05, 0.1) is 0 Å². The van der Waals surface area contributed by atoms with Crippen LogP contribution in [0.25, 0.3) is 0 Å². The fourth-order valence-electron chi connectivity index (χ4n) is 0.767. The SMILES string of the molecule is [Li][c]1ccc(Cl)c(OC)c1. The predicted octanol–water partition coefficient (Wildman–Crippen LogP) is 1.14. The van der Waals surface area contributed by atoms with Crippen LogP contribution < -0.4 is 8.97 Å². The Labute approximate surface area is 74.5 Å². The van der Waals surface area contributed by atoms with Crippen molar-refractivity contribution in [2.24, 2.45) is 0 Å². The molecule has 1 aromatic rings. The molecule has 0 N–H and O–H groups in total. The van der Waals surface area contributed by atoms with Gasteiger partial charge in [0.15, 0.2) is 0 Å². The van der Waals surface area contributed by atoms with Crippen LogP contribution in [-0.4, -0.2) is 24.8 Å². The molecule has 0 atom stereocenters. The van der Waals surface area contributed by atoms with E-state index in [0.29, 0.717) is 5.02 Å². The van der Waals surface area contributed by atoms with Gasteiger partial charge in [0.2, 0.25) is 0 Å². The Kier molecular flexibility index (Phi) is 2.68. The van der Waals surface area contributed by atoms with Gasteiger partial charge in [-0.1, -0.05) is 0 Å². The molecule has 0 bridgehead atoms. The fourth-order valence-corrected chi connectivity index (χ4v) is 0.962. The molecule has 10 heavy (non-hydrogen) atoms. The standard InChI is InChI=1S/C7H6ClO.Li/c1-9-7-5-3-2-4-6(7)8;/h2,4-5H,1H3;. The van der Waals surface area contributed by atoms with Gasteiger partial charge in [0.25, 0.3) is 0 Å². The number of methoxy groups -OCH3 is 1. The van der Waals surface area contributed by atoms with E-state index in [1.165, 1.54) is 0 Å². The van der Waals surface area contributed by atoms with Crippen molar-refractivity contribution in [1.82, 2.24) is 0 Å². The summed E-state index contributed by atoms with van der Waals surface area (Å²) >= 11 is 7.77. The van der Waals surface area contributed by atoms with Crippen molar-refractivity contribution >= 4 is 33.6 Å². The molecule has 0 radical (unpaired) electrons. The van der Waals surface area contributed by atoms with Crippen LogP contribution in [-0.2, 0) is 0 Å². The van der Waals surface area contributed by atoms with Crippen LogP contribution in [0.4, 0.5) is 0 Å². The molecule has 1 aromatic carbocycles. The molecular weight excluding hydrogens is 142 g/mol. The first-order valence-corrected chi connectivity index (χ1v) is 3.42. The summed E-state index contributed by atoms with van der Waals surface area (Å²) in [4.78, 5) is 0. The minimum atomic E-state index is 0.660. The topological polar surface area (TPSA) is 9.23 Å². The van der Waals surface area contributed by atoms with E-state index >= 15 is 0 Å². The maximum atomic E-state index is 5.77. The molecule has 0 fully saturated rings. The summed E-state index contributed by atoms with van der Waals surface area (Å²) in [5, 5.41) is 0.660. The average Bonchev–Trinajstić information content (AvgIpc) is 1.94. The molecule has 1 nitrogen and oxygen atoms in total. The van der Waals surface area contributed by atoms with Crippen molar-refractivity contribution in [3.05, 3.63) is 23.2 Å². The monoisotopic (exact) mass is 148 g/mol. The van der Waals surface area contributed by atoms with Crippen molar-refractivity contribution in [3.63, 3.8) is 0 Å². The third-order valence-corrected chi connectivity index (χ3v) is 1.62. The molecule has 0 unspecified atom stereocenters. The molecule has 0 heterocycles. The third-order valence-electron chi connectivity index (χ3n) is 1.31. The zero-order valence-electron chi connectivity index (χ0n) is 6.02. The summed E-state index contributed by atoms with van der Waals surface area (Å²) in [6.07, 6.45) is 0. The molecule has 0 saturated carbocycles. The van der Waals surface area contributed by atoms with Crippen LogP contribution in [0.5, 0.6) is 5.75 Å². The second-order valence-corrected chi connectivity index (χ2v) is 2.55. The predicted molar refractivity (Wildman–Crippen MR) is 43.4 cm³/mol. The summed E-state index contributed by atoms with van der Waals surface area (Å²) in [7, 11) is 1.61. The Bertz CT molecular complexity index is 237. The van der Waals surface area contributed by atoms with E-state index in [1.54, 1.807) is 7.11 Å². The molecule has 0 amide bonds. The average molecular weight is 149 g/mol. The zero-order valence-corrected chi connectivity index (χ0v) is 6.77. The molecule has 3 heteroatoms. The summed E-state index contributed by atoms with van der Waals surface area (Å²) in [5.41, 5.74) is 0. The van der Waals surface area contributed by atoms with Gasteiger partial charge < -0.3 is 0 Å². The van der Waals surface area contributed by atoms with Gasteiger partial charge in [-0.05, 0) is 0 Å². The van der Waals surface area contributed by atoms with Crippen LogP contribution in [0.3, 0.4) is 0 Å². The van der Waals surface area contributed by atoms with E-state index < -0.39 is 0 Å². The molecule has 0 aliphatic rings. The summed E-state index contributed by atoms with van der Waals surface area (Å²) in [5.74, 6) is 0.738. The van der Waals surface area contributed by atoms with E-state index in [4.69, 9.17) is 16.3 Å². The quantitative estimate of drug-likeness (QED) is 0.543. The number of hydrogen-bond acceptors (Lipinski definition) is 1. The van der Waals surface area contributed by atoms with Gasteiger partial charge in [0, 0.05) is 0 Å². The van der Waals surface area contributed by atoms with Crippen LogP contribution in [0.1, 0.15) is 0 Å². The fraction of sp³-hybridized carbons (Fsp3) is 0.143. The molecule has 0 spiro atoms. The second-order valence-electron chi connectivity index (χ2n) is 2.14. The van der Waals surface area contributed by atoms with Gasteiger partial charge in [-0.2, -0.15) is 0 Å². The van der Waals surface area contributed by atoms with Gasteiger partial charge in [-0.3, -0.25) is 0 Å². The zero-order chi connectivity index (χ0) is 7.56. The molecular formula is C7H6ClLiO. The summed E-state index contributed by atoms with van der Waals surface area (Å²) < 4.78 is 6.15. The van der Waals surface area contributed by atoms with E-state index in [9.17, 15) is 0 Å². The van der Waals surface area contributed by atoms with Gasteiger partial charge in [-0.25, -0.2) is 0 Å². The van der Waals surface area contributed by atoms with Crippen LogP contribution >= 0.6 is 11.6 Å². The molecule has 1 rings (SSSR count). The van der Waals surface area contributed by atoms with E-state index in [2.05, 4.69) is 0 Å². The van der Waals surface area contributed by atoms with Crippen LogP contribution in [0.2, 0.25) is 5.02 Å². The normalized spacial score (nSPS) is 9.60. The summed E-state index contributed by atoms with van der Waals surface area (Å²) in [6.45, 7) is 0. The first-order valence-electron chi connectivity index (χ1n) is 3.04. The molecule has 0 aliphatic heterocycles. The Morgan fingerprint density at radius 1 is 1.50 bits per heavy atom. The van der Waals surface area contributed by atoms with E-state index in [1.807, 2.05) is 35.9 Å². The van der Waals surface area contributed by atoms with Gasteiger partial charge >= 0.3 is 74.4 Å². The first kappa shape index (κ1) is 8.01. The maximum absolute atomic E-state index is 5.77. The van der Waals surface area contributed by atoms with Crippen molar-refractivity contribution in [3.8, 4) is 5.75 Å². The number of rotatable bonds is 1. The number of ether oxygens (including phenoxy) is 1. The number of benzene rings is 1. The third kappa shape index (κ3) is 1.70. The number of hydrogen-bond donors (Lipinski definition) is 0. The van der Waals surface area contributed by atoms with Crippen LogP contribution in [0, 0.1) is 0 Å². The Morgan fingerprint density at radius 3 is 2.70 bits per heavy atom. The van der Waals surface area contributed by atoms with Crippen molar-refractivity contribution in [2.45, 2.75) is 0 Å². The first-order chi connectivity index (χ1) is 4.74.